The second kappa shape index (κ2) is 3.87. The van der Waals surface area contributed by atoms with Crippen LogP contribution in [0.5, 0.6) is 0 Å². The fraction of sp³-hybridized carbons (Fsp3) is 0.385. The number of hydrogen-bond acceptors (Lipinski definition) is 2. The lowest BCUT2D eigenvalue weighted by Gasteiger charge is -2.29. The van der Waals surface area contributed by atoms with Crippen LogP contribution in [0.4, 0.5) is 10.5 Å². The van der Waals surface area contributed by atoms with Crippen molar-refractivity contribution in [1.82, 2.24) is 4.90 Å². The number of urea groups is 1. The van der Waals surface area contributed by atoms with E-state index in [0.717, 1.165) is 5.69 Å². The van der Waals surface area contributed by atoms with E-state index in [2.05, 4.69) is 0 Å². The monoisotopic (exact) mass is 232 g/mol. The fourth-order valence-corrected chi connectivity index (χ4v) is 1.97. The third kappa shape index (κ3) is 2.02. The Morgan fingerprint density at radius 3 is 2.12 bits per heavy atom. The van der Waals surface area contributed by atoms with Crippen molar-refractivity contribution in [3.63, 3.8) is 0 Å². The molecule has 0 atom stereocenters. The lowest BCUT2D eigenvalue weighted by Crippen LogP contribution is -2.46. The molecule has 90 valence electrons. The van der Waals surface area contributed by atoms with Gasteiger partial charge in [-0.1, -0.05) is 18.2 Å². The smallest absolute Gasteiger partial charge is 0.285 e. The lowest BCUT2D eigenvalue weighted by atomic mass is 10.1. The highest BCUT2D eigenvalue weighted by Gasteiger charge is 2.42. The van der Waals surface area contributed by atoms with Crippen LogP contribution in [0.2, 0.25) is 0 Å². The molecule has 4 nitrogen and oxygen atoms in total. The molecular formula is C13H16N2O2. The molecule has 0 unspecified atom stereocenters. The van der Waals surface area contributed by atoms with Gasteiger partial charge in [-0.3, -0.25) is 14.6 Å². The summed E-state index contributed by atoms with van der Waals surface area (Å²) in [5, 5.41) is 0. The van der Waals surface area contributed by atoms with Gasteiger partial charge in [0.25, 0.3) is 5.91 Å². The molecule has 0 spiro atoms. The van der Waals surface area contributed by atoms with Crippen LogP contribution in [0.15, 0.2) is 30.3 Å². The van der Waals surface area contributed by atoms with Crippen molar-refractivity contribution in [2.24, 2.45) is 0 Å². The minimum absolute atomic E-state index is 0.125. The van der Waals surface area contributed by atoms with Crippen molar-refractivity contribution < 1.29 is 9.59 Å². The molecule has 17 heavy (non-hydrogen) atoms. The Morgan fingerprint density at radius 1 is 1.06 bits per heavy atom. The minimum atomic E-state index is -0.475. The van der Waals surface area contributed by atoms with Crippen LogP contribution >= 0.6 is 0 Å². The van der Waals surface area contributed by atoms with Crippen LogP contribution in [0.25, 0.3) is 0 Å². The van der Waals surface area contributed by atoms with Crippen LogP contribution in [0, 0.1) is 0 Å². The van der Waals surface area contributed by atoms with Crippen LogP contribution in [-0.4, -0.2) is 28.9 Å². The van der Waals surface area contributed by atoms with Crippen molar-refractivity contribution in [1.29, 1.82) is 0 Å². The Kier molecular flexibility index (Phi) is 2.65. The fourth-order valence-electron chi connectivity index (χ4n) is 1.97. The van der Waals surface area contributed by atoms with Gasteiger partial charge in [0.15, 0.2) is 0 Å². The second-order valence-electron chi connectivity index (χ2n) is 5.10. The first kappa shape index (κ1) is 11.6. The van der Waals surface area contributed by atoms with E-state index in [4.69, 9.17) is 0 Å². The Balaban J connectivity index is 2.31. The maximum Gasteiger partial charge on any atom is 0.332 e. The summed E-state index contributed by atoms with van der Waals surface area (Å²) in [5.41, 5.74) is 0.287. The van der Waals surface area contributed by atoms with E-state index in [1.54, 1.807) is 0 Å². The van der Waals surface area contributed by atoms with Gasteiger partial charge in [-0.05, 0) is 32.9 Å². The molecule has 1 aromatic rings. The van der Waals surface area contributed by atoms with E-state index in [-0.39, 0.29) is 18.5 Å². The lowest BCUT2D eigenvalue weighted by molar-refractivity contribution is -0.128. The highest BCUT2D eigenvalue weighted by atomic mass is 16.2. The molecule has 1 saturated heterocycles. The van der Waals surface area contributed by atoms with Crippen molar-refractivity contribution >= 4 is 17.6 Å². The van der Waals surface area contributed by atoms with Gasteiger partial charge in [0.05, 0.1) is 0 Å². The molecule has 2 rings (SSSR count). The van der Waals surface area contributed by atoms with E-state index in [1.807, 2.05) is 51.1 Å². The number of carbonyl (C=O) groups excluding carboxylic acids is 2. The summed E-state index contributed by atoms with van der Waals surface area (Å²) in [7, 11) is 0. The third-order valence-corrected chi connectivity index (χ3v) is 2.70. The summed E-state index contributed by atoms with van der Waals surface area (Å²) < 4.78 is 0. The molecule has 1 heterocycles. The number of rotatable bonds is 1. The summed E-state index contributed by atoms with van der Waals surface area (Å²) >= 11 is 0. The number of benzene rings is 1. The van der Waals surface area contributed by atoms with Crippen molar-refractivity contribution in [2.45, 2.75) is 26.3 Å². The maximum atomic E-state index is 12.2. The van der Waals surface area contributed by atoms with E-state index >= 15 is 0 Å². The van der Waals surface area contributed by atoms with Crippen LogP contribution in [-0.2, 0) is 4.79 Å². The zero-order chi connectivity index (χ0) is 12.6. The van der Waals surface area contributed by atoms with Gasteiger partial charge in [0, 0.05) is 11.2 Å². The molecule has 1 fully saturated rings. The second-order valence-corrected chi connectivity index (χ2v) is 5.10. The molecule has 0 bridgehead atoms. The summed E-state index contributed by atoms with van der Waals surface area (Å²) in [5.74, 6) is -0.147. The predicted molar refractivity (Wildman–Crippen MR) is 65.8 cm³/mol. The summed E-state index contributed by atoms with van der Waals surface area (Å²) in [6.45, 7) is 5.70. The van der Waals surface area contributed by atoms with Crippen molar-refractivity contribution in [2.75, 3.05) is 11.4 Å². The maximum absolute atomic E-state index is 12.2. The number of para-hydroxylation sites is 1. The Bertz CT molecular complexity index is 448. The van der Waals surface area contributed by atoms with Gasteiger partial charge < -0.3 is 0 Å². The largest absolute Gasteiger partial charge is 0.332 e. The number of nitrogens with zero attached hydrogens (tertiary/aromatic N) is 2. The Morgan fingerprint density at radius 2 is 1.65 bits per heavy atom. The Labute approximate surface area is 101 Å². The molecule has 3 amide bonds. The molecule has 4 heteroatoms. The third-order valence-electron chi connectivity index (χ3n) is 2.70. The van der Waals surface area contributed by atoms with Crippen LogP contribution in [0.3, 0.4) is 0 Å². The number of carbonyl (C=O) groups is 2. The standard InChI is InChI=1S/C13H16N2O2/c1-13(2,3)15-11(16)9-14(12(15)17)10-7-5-4-6-8-10/h4-8H,9H2,1-3H3. The first-order valence-electron chi connectivity index (χ1n) is 5.61. The van der Waals surface area contributed by atoms with Crippen molar-refractivity contribution in [3.8, 4) is 0 Å². The first-order valence-corrected chi connectivity index (χ1v) is 5.61. The number of amides is 3. The molecular weight excluding hydrogens is 216 g/mol. The van der Waals surface area contributed by atoms with E-state index in [1.165, 1.54) is 9.80 Å². The highest BCUT2D eigenvalue weighted by Crippen LogP contribution is 2.26. The summed E-state index contributed by atoms with van der Waals surface area (Å²) in [6.07, 6.45) is 0. The molecule has 0 radical (unpaired) electrons. The van der Waals surface area contributed by atoms with Crippen LogP contribution in [0.1, 0.15) is 20.8 Å². The molecule has 0 aliphatic carbocycles. The molecule has 0 aromatic heterocycles. The molecule has 1 aliphatic heterocycles. The zero-order valence-electron chi connectivity index (χ0n) is 10.3. The molecule has 0 saturated carbocycles. The number of anilines is 1. The number of hydrogen-bond donors (Lipinski definition) is 0. The normalized spacial score (nSPS) is 16.9. The molecule has 0 N–H and O–H groups in total. The average Bonchev–Trinajstić information content (AvgIpc) is 2.54. The molecule has 1 aromatic carbocycles. The average molecular weight is 232 g/mol. The van der Waals surface area contributed by atoms with Gasteiger partial charge in [-0.25, -0.2) is 4.79 Å². The van der Waals surface area contributed by atoms with Gasteiger partial charge >= 0.3 is 6.03 Å². The summed E-state index contributed by atoms with van der Waals surface area (Å²) in [6, 6.07) is 9.01. The minimum Gasteiger partial charge on any atom is -0.285 e. The van der Waals surface area contributed by atoms with E-state index in [9.17, 15) is 9.59 Å². The number of imide groups is 1. The van der Waals surface area contributed by atoms with Gasteiger partial charge in [0.2, 0.25) is 0 Å². The first-order chi connectivity index (χ1) is 7.91. The van der Waals surface area contributed by atoms with E-state index in [0.29, 0.717) is 0 Å². The van der Waals surface area contributed by atoms with E-state index < -0.39 is 5.54 Å². The van der Waals surface area contributed by atoms with Crippen molar-refractivity contribution in [3.05, 3.63) is 30.3 Å². The highest BCUT2D eigenvalue weighted by molar-refractivity contribution is 6.12. The zero-order valence-corrected chi connectivity index (χ0v) is 10.3. The van der Waals surface area contributed by atoms with Gasteiger partial charge in [0.1, 0.15) is 6.54 Å². The Hall–Kier alpha value is -1.84. The van der Waals surface area contributed by atoms with Crippen LogP contribution < -0.4 is 4.90 Å². The van der Waals surface area contributed by atoms with Gasteiger partial charge in [-0.2, -0.15) is 0 Å². The SMILES string of the molecule is CC(C)(C)N1C(=O)CN(c2ccccc2)C1=O. The quantitative estimate of drug-likeness (QED) is 0.697. The summed E-state index contributed by atoms with van der Waals surface area (Å²) in [4.78, 5) is 26.9. The predicted octanol–water partition coefficient (Wildman–Crippen LogP) is 2.25. The topological polar surface area (TPSA) is 40.6 Å². The molecule has 1 aliphatic rings. The van der Waals surface area contributed by atoms with Gasteiger partial charge in [-0.15, -0.1) is 0 Å².